The monoisotopic (exact) mass is 253 g/mol. The molecule has 0 saturated carbocycles. The molecule has 3 N–H and O–H groups in total. The lowest BCUT2D eigenvalue weighted by atomic mass is 9.93. The second kappa shape index (κ2) is 6.02. The Hall–Kier alpha value is -1.33. The van der Waals surface area contributed by atoms with Crippen molar-refractivity contribution in [2.45, 2.75) is 20.4 Å². The summed E-state index contributed by atoms with van der Waals surface area (Å²) in [5, 5.41) is 2.88. The number of rotatable bonds is 6. The zero-order valence-electron chi connectivity index (χ0n) is 11.6. The van der Waals surface area contributed by atoms with Crippen LogP contribution in [0.3, 0.4) is 0 Å². The first-order valence-electron chi connectivity index (χ1n) is 6.06. The van der Waals surface area contributed by atoms with Gasteiger partial charge in [0.15, 0.2) is 5.76 Å². The van der Waals surface area contributed by atoms with E-state index in [0.717, 1.165) is 6.54 Å². The van der Waals surface area contributed by atoms with Gasteiger partial charge in [-0.15, -0.1) is 0 Å². The standard InChI is InChI=1S/C13H23N3O2/c1-13(2,9-16(3)4)8-15-12(17)11-6-5-10(7-14)18-11/h5-6H,7-9,14H2,1-4H3,(H,15,17). The molecule has 0 radical (unpaired) electrons. The van der Waals surface area contributed by atoms with Crippen molar-refractivity contribution in [3.8, 4) is 0 Å². The minimum absolute atomic E-state index is 0.0163. The van der Waals surface area contributed by atoms with Crippen molar-refractivity contribution in [1.82, 2.24) is 10.2 Å². The van der Waals surface area contributed by atoms with E-state index >= 15 is 0 Å². The zero-order chi connectivity index (χ0) is 13.8. The zero-order valence-corrected chi connectivity index (χ0v) is 11.6. The molecule has 0 spiro atoms. The summed E-state index contributed by atoms with van der Waals surface area (Å²) in [6, 6.07) is 3.37. The van der Waals surface area contributed by atoms with E-state index in [1.807, 2.05) is 14.1 Å². The minimum Gasteiger partial charge on any atom is -0.455 e. The van der Waals surface area contributed by atoms with E-state index in [0.29, 0.717) is 24.6 Å². The lowest BCUT2D eigenvalue weighted by Gasteiger charge is -2.28. The highest BCUT2D eigenvalue weighted by molar-refractivity contribution is 5.91. The van der Waals surface area contributed by atoms with Gasteiger partial charge in [0.2, 0.25) is 0 Å². The molecule has 5 heteroatoms. The van der Waals surface area contributed by atoms with Gasteiger partial charge in [-0.1, -0.05) is 13.8 Å². The fraction of sp³-hybridized carbons (Fsp3) is 0.615. The molecule has 1 aromatic heterocycles. The third-order valence-corrected chi connectivity index (χ3v) is 2.56. The van der Waals surface area contributed by atoms with Crippen LogP contribution in [0.1, 0.15) is 30.2 Å². The predicted octanol–water partition coefficient (Wildman–Crippen LogP) is 1.06. The van der Waals surface area contributed by atoms with Gasteiger partial charge < -0.3 is 20.4 Å². The Labute approximate surface area is 108 Å². The minimum atomic E-state index is -0.193. The Morgan fingerprint density at radius 3 is 2.61 bits per heavy atom. The van der Waals surface area contributed by atoms with E-state index in [1.165, 1.54) is 0 Å². The van der Waals surface area contributed by atoms with E-state index in [1.54, 1.807) is 12.1 Å². The van der Waals surface area contributed by atoms with E-state index in [9.17, 15) is 4.79 Å². The first kappa shape index (κ1) is 14.7. The largest absolute Gasteiger partial charge is 0.455 e. The van der Waals surface area contributed by atoms with Crippen molar-refractivity contribution in [1.29, 1.82) is 0 Å². The molecule has 0 fully saturated rings. The molecule has 0 aliphatic rings. The molecule has 0 aliphatic carbocycles. The Kier molecular flexibility index (Phi) is 4.93. The number of nitrogens with two attached hydrogens (primary N) is 1. The number of hydrogen-bond donors (Lipinski definition) is 2. The molecule has 5 nitrogen and oxygen atoms in total. The summed E-state index contributed by atoms with van der Waals surface area (Å²) in [6.45, 7) is 6.03. The Morgan fingerprint density at radius 1 is 1.44 bits per heavy atom. The number of nitrogens with one attached hydrogen (secondary N) is 1. The van der Waals surface area contributed by atoms with Crippen LogP contribution in [-0.2, 0) is 6.54 Å². The molecule has 1 aromatic rings. The van der Waals surface area contributed by atoms with Crippen LogP contribution in [-0.4, -0.2) is 38.0 Å². The van der Waals surface area contributed by atoms with Gasteiger partial charge in [0.25, 0.3) is 5.91 Å². The van der Waals surface area contributed by atoms with Crippen LogP contribution >= 0.6 is 0 Å². The van der Waals surface area contributed by atoms with Gasteiger partial charge in [-0.3, -0.25) is 4.79 Å². The maximum Gasteiger partial charge on any atom is 0.287 e. The van der Waals surface area contributed by atoms with Crippen LogP contribution in [0.5, 0.6) is 0 Å². The summed E-state index contributed by atoms with van der Waals surface area (Å²) in [4.78, 5) is 13.9. The number of amides is 1. The lowest BCUT2D eigenvalue weighted by Crippen LogP contribution is -2.39. The second-order valence-electron chi connectivity index (χ2n) is 5.55. The number of hydrogen-bond acceptors (Lipinski definition) is 4. The highest BCUT2D eigenvalue weighted by Gasteiger charge is 2.21. The van der Waals surface area contributed by atoms with E-state index in [2.05, 4.69) is 24.1 Å². The number of carbonyl (C=O) groups excluding carboxylic acids is 1. The smallest absolute Gasteiger partial charge is 0.287 e. The summed E-state index contributed by atoms with van der Waals surface area (Å²) in [7, 11) is 4.03. The van der Waals surface area contributed by atoms with Crippen molar-refractivity contribution < 1.29 is 9.21 Å². The molecular weight excluding hydrogens is 230 g/mol. The fourth-order valence-corrected chi connectivity index (χ4v) is 1.93. The van der Waals surface area contributed by atoms with Gasteiger partial charge in [-0.05, 0) is 31.6 Å². The van der Waals surface area contributed by atoms with Crippen LogP contribution in [0.4, 0.5) is 0 Å². The lowest BCUT2D eigenvalue weighted by molar-refractivity contribution is 0.0899. The van der Waals surface area contributed by atoms with Gasteiger partial charge >= 0.3 is 0 Å². The third-order valence-electron chi connectivity index (χ3n) is 2.56. The fourth-order valence-electron chi connectivity index (χ4n) is 1.93. The van der Waals surface area contributed by atoms with Crippen molar-refractivity contribution in [3.63, 3.8) is 0 Å². The average Bonchev–Trinajstić information content (AvgIpc) is 2.72. The Bertz CT molecular complexity index is 397. The van der Waals surface area contributed by atoms with Crippen LogP contribution < -0.4 is 11.1 Å². The number of nitrogens with zero attached hydrogens (tertiary/aromatic N) is 1. The van der Waals surface area contributed by atoms with Crippen molar-refractivity contribution >= 4 is 5.91 Å². The summed E-state index contributed by atoms with van der Waals surface area (Å²) in [6.07, 6.45) is 0. The van der Waals surface area contributed by atoms with Crippen LogP contribution in [0.15, 0.2) is 16.5 Å². The van der Waals surface area contributed by atoms with Crippen LogP contribution in [0, 0.1) is 5.41 Å². The summed E-state index contributed by atoms with van der Waals surface area (Å²) < 4.78 is 5.29. The quantitative estimate of drug-likeness (QED) is 0.795. The first-order valence-corrected chi connectivity index (χ1v) is 6.06. The molecule has 1 amide bonds. The highest BCUT2D eigenvalue weighted by atomic mass is 16.4. The molecule has 102 valence electrons. The number of carbonyl (C=O) groups is 1. The molecule has 0 unspecified atom stereocenters. The van der Waals surface area contributed by atoms with Gasteiger partial charge in [0.1, 0.15) is 5.76 Å². The van der Waals surface area contributed by atoms with Gasteiger partial charge in [-0.2, -0.15) is 0 Å². The molecule has 0 aromatic carbocycles. The molecular formula is C13H23N3O2. The van der Waals surface area contributed by atoms with Gasteiger partial charge in [-0.25, -0.2) is 0 Å². The molecule has 1 rings (SSSR count). The van der Waals surface area contributed by atoms with E-state index < -0.39 is 0 Å². The SMILES string of the molecule is CN(C)CC(C)(C)CNC(=O)c1ccc(CN)o1. The van der Waals surface area contributed by atoms with E-state index in [4.69, 9.17) is 10.2 Å². The van der Waals surface area contributed by atoms with E-state index in [-0.39, 0.29) is 11.3 Å². The Balaban J connectivity index is 2.50. The highest BCUT2D eigenvalue weighted by Crippen LogP contribution is 2.15. The summed E-state index contributed by atoms with van der Waals surface area (Å²) >= 11 is 0. The van der Waals surface area contributed by atoms with Gasteiger partial charge in [0.05, 0.1) is 6.54 Å². The maximum atomic E-state index is 11.8. The summed E-state index contributed by atoms with van der Waals surface area (Å²) in [5.74, 6) is 0.741. The molecule has 18 heavy (non-hydrogen) atoms. The third kappa shape index (κ3) is 4.50. The Morgan fingerprint density at radius 2 is 2.11 bits per heavy atom. The van der Waals surface area contributed by atoms with Crippen molar-refractivity contribution in [3.05, 3.63) is 23.7 Å². The average molecular weight is 253 g/mol. The molecule has 0 bridgehead atoms. The summed E-state index contributed by atoms with van der Waals surface area (Å²) in [5.41, 5.74) is 5.45. The molecule has 0 atom stereocenters. The molecule has 0 aliphatic heterocycles. The van der Waals surface area contributed by atoms with Crippen molar-refractivity contribution in [2.24, 2.45) is 11.1 Å². The van der Waals surface area contributed by atoms with Crippen LogP contribution in [0.25, 0.3) is 0 Å². The number of furan rings is 1. The maximum absolute atomic E-state index is 11.8. The van der Waals surface area contributed by atoms with Crippen molar-refractivity contribution in [2.75, 3.05) is 27.2 Å². The second-order valence-corrected chi connectivity index (χ2v) is 5.55. The molecule has 0 saturated heterocycles. The van der Waals surface area contributed by atoms with Gasteiger partial charge in [0, 0.05) is 13.1 Å². The predicted molar refractivity (Wildman–Crippen MR) is 71.3 cm³/mol. The van der Waals surface area contributed by atoms with Crippen LogP contribution in [0.2, 0.25) is 0 Å². The topological polar surface area (TPSA) is 71.5 Å². The normalized spacial score (nSPS) is 11.9. The first-order chi connectivity index (χ1) is 8.34. The molecule has 1 heterocycles.